The molecule has 4 rings (SSSR count). The van der Waals surface area contributed by atoms with E-state index in [1.54, 1.807) is 0 Å². The second-order valence-electron chi connectivity index (χ2n) is 9.91. The smallest absolute Gasteiger partial charge is 0.195 e. The van der Waals surface area contributed by atoms with E-state index in [2.05, 4.69) is 101 Å². The van der Waals surface area contributed by atoms with Gasteiger partial charge >= 0.3 is 0 Å². The molecule has 1 aliphatic rings. The highest BCUT2D eigenvalue weighted by Crippen LogP contribution is 2.54. The zero-order valence-corrected chi connectivity index (χ0v) is 19.1. The minimum atomic E-state index is -0.107. The summed E-state index contributed by atoms with van der Waals surface area (Å²) in [5, 5.41) is 0. The molecule has 0 amide bonds. The second kappa shape index (κ2) is 6.74. The molecule has 0 fully saturated rings. The summed E-state index contributed by atoms with van der Waals surface area (Å²) in [5.41, 5.74) is 10.4. The van der Waals surface area contributed by atoms with Crippen LogP contribution in [0.15, 0.2) is 54.6 Å². The molecule has 2 nitrogen and oxygen atoms in total. The minimum Gasteiger partial charge on any atom is -0.336 e. The van der Waals surface area contributed by atoms with Crippen LogP contribution in [0.3, 0.4) is 0 Å². The molecule has 0 saturated carbocycles. The maximum absolute atomic E-state index is 7.74. The van der Waals surface area contributed by atoms with Gasteiger partial charge in [-0.25, -0.2) is 4.85 Å². The third kappa shape index (κ3) is 2.92. The number of hydrogen-bond donors (Lipinski definition) is 0. The lowest BCUT2D eigenvalue weighted by Gasteiger charge is -2.40. The maximum atomic E-state index is 7.74. The number of aryl methyl sites for hydroxylation is 2. The first-order valence-electron chi connectivity index (χ1n) is 10.6. The van der Waals surface area contributed by atoms with Crippen molar-refractivity contribution < 1.29 is 0 Å². The molecule has 1 aliphatic carbocycles. The zero-order chi connectivity index (χ0) is 21.8. The molecule has 0 atom stereocenters. The topological polar surface area (TPSA) is 7.60 Å². The third-order valence-corrected chi connectivity index (χ3v) is 6.38. The van der Waals surface area contributed by atoms with Gasteiger partial charge in [0.15, 0.2) is 5.69 Å². The van der Waals surface area contributed by atoms with Crippen molar-refractivity contribution in [3.63, 3.8) is 0 Å². The lowest BCUT2D eigenvalue weighted by Crippen LogP contribution is -2.38. The predicted octanol–water partition coefficient (Wildman–Crippen LogP) is 8.10. The van der Waals surface area contributed by atoms with Crippen LogP contribution in [-0.4, -0.2) is 5.54 Å². The molecule has 0 saturated heterocycles. The molecule has 0 heterocycles. The number of anilines is 2. The summed E-state index contributed by atoms with van der Waals surface area (Å²) < 4.78 is 0. The van der Waals surface area contributed by atoms with Crippen LogP contribution in [0, 0.1) is 20.4 Å². The number of para-hydroxylation sites is 1. The monoisotopic (exact) mass is 394 g/mol. The largest absolute Gasteiger partial charge is 0.336 e. The van der Waals surface area contributed by atoms with Gasteiger partial charge in [-0.1, -0.05) is 56.3 Å². The first kappa shape index (κ1) is 20.2. The Morgan fingerprint density at radius 1 is 0.833 bits per heavy atom. The fourth-order valence-corrected chi connectivity index (χ4v) is 4.91. The predicted molar refractivity (Wildman–Crippen MR) is 128 cm³/mol. The van der Waals surface area contributed by atoms with Gasteiger partial charge in [-0.3, -0.25) is 0 Å². The van der Waals surface area contributed by atoms with Crippen molar-refractivity contribution >= 4 is 17.1 Å². The SMILES string of the molecule is [C-]#[N+]c1cccc2c1-c1cc(N(c3ccccc3C)C(C)(C)C)c(C)cc1C2(C)C. The molecule has 0 N–H and O–H groups in total. The van der Waals surface area contributed by atoms with Gasteiger partial charge in [0.1, 0.15) is 0 Å². The van der Waals surface area contributed by atoms with Crippen LogP contribution in [0.1, 0.15) is 56.9 Å². The number of hydrogen-bond acceptors (Lipinski definition) is 1. The lowest BCUT2D eigenvalue weighted by molar-refractivity contribution is 0.558. The van der Waals surface area contributed by atoms with Gasteiger partial charge in [0.25, 0.3) is 0 Å². The van der Waals surface area contributed by atoms with Crippen molar-refractivity contribution in [1.82, 2.24) is 0 Å². The highest BCUT2D eigenvalue weighted by atomic mass is 15.2. The second-order valence-corrected chi connectivity index (χ2v) is 9.91. The minimum absolute atomic E-state index is 0.0959. The van der Waals surface area contributed by atoms with Gasteiger partial charge in [-0.05, 0) is 80.1 Å². The molecule has 152 valence electrons. The van der Waals surface area contributed by atoms with Crippen LogP contribution in [0.2, 0.25) is 0 Å². The van der Waals surface area contributed by atoms with Crippen molar-refractivity contribution in [2.45, 2.75) is 59.4 Å². The van der Waals surface area contributed by atoms with Gasteiger partial charge in [0.2, 0.25) is 0 Å². The summed E-state index contributed by atoms with van der Waals surface area (Å²) >= 11 is 0. The van der Waals surface area contributed by atoms with E-state index in [-0.39, 0.29) is 11.0 Å². The average Bonchev–Trinajstić information content (AvgIpc) is 2.90. The molecule has 30 heavy (non-hydrogen) atoms. The zero-order valence-electron chi connectivity index (χ0n) is 19.1. The van der Waals surface area contributed by atoms with Gasteiger partial charge in [0.05, 0.1) is 6.57 Å². The molecule has 0 unspecified atom stereocenters. The average molecular weight is 395 g/mol. The van der Waals surface area contributed by atoms with Gasteiger partial charge in [-0.15, -0.1) is 0 Å². The summed E-state index contributed by atoms with van der Waals surface area (Å²) in [4.78, 5) is 6.31. The van der Waals surface area contributed by atoms with Crippen molar-refractivity contribution in [3.05, 3.63) is 88.3 Å². The first-order chi connectivity index (χ1) is 14.1. The number of nitrogens with zero attached hydrogens (tertiary/aromatic N) is 2. The standard InChI is InChI=1S/C28H30N2/c1-18-12-9-10-15-24(18)30(27(3,4)5)25-17-20-22(16-19(25)2)28(6,7)21-13-11-14-23(29-8)26(20)21/h9-17H,1-7H3. The molecule has 0 aromatic heterocycles. The maximum Gasteiger partial charge on any atom is 0.195 e. The van der Waals surface area contributed by atoms with Crippen molar-refractivity contribution in [2.24, 2.45) is 0 Å². The Morgan fingerprint density at radius 3 is 2.17 bits per heavy atom. The van der Waals surface area contributed by atoms with E-state index in [1.807, 2.05) is 12.1 Å². The van der Waals surface area contributed by atoms with Crippen LogP contribution in [0.5, 0.6) is 0 Å². The summed E-state index contributed by atoms with van der Waals surface area (Å²) in [5.74, 6) is 0. The molecule has 3 aromatic carbocycles. The van der Waals surface area contributed by atoms with E-state index < -0.39 is 0 Å². The Hall–Kier alpha value is -3.05. The van der Waals surface area contributed by atoms with E-state index in [9.17, 15) is 0 Å². The van der Waals surface area contributed by atoms with Crippen LogP contribution in [-0.2, 0) is 5.41 Å². The van der Waals surface area contributed by atoms with Gasteiger partial charge < -0.3 is 4.90 Å². The molecule has 0 aliphatic heterocycles. The van der Waals surface area contributed by atoms with Crippen molar-refractivity contribution in [2.75, 3.05) is 4.90 Å². The number of benzene rings is 3. The first-order valence-corrected chi connectivity index (χ1v) is 10.6. The van der Waals surface area contributed by atoms with E-state index in [0.29, 0.717) is 0 Å². The van der Waals surface area contributed by atoms with Gasteiger partial charge in [0, 0.05) is 22.3 Å². The van der Waals surface area contributed by atoms with Crippen molar-refractivity contribution in [3.8, 4) is 11.1 Å². The Labute approximate surface area is 181 Å². The summed E-state index contributed by atoms with van der Waals surface area (Å²) in [7, 11) is 0. The van der Waals surface area contributed by atoms with Crippen LogP contribution in [0.25, 0.3) is 16.0 Å². The lowest BCUT2D eigenvalue weighted by atomic mass is 9.81. The van der Waals surface area contributed by atoms with E-state index >= 15 is 0 Å². The number of fused-ring (bicyclic) bond motifs is 3. The molecular weight excluding hydrogens is 364 g/mol. The fourth-order valence-electron chi connectivity index (χ4n) is 4.91. The fraction of sp³-hybridized carbons (Fsp3) is 0.321. The Morgan fingerprint density at radius 2 is 1.53 bits per heavy atom. The van der Waals surface area contributed by atoms with E-state index in [1.165, 1.54) is 39.2 Å². The third-order valence-electron chi connectivity index (χ3n) is 6.38. The quantitative estimate of drug-likeness (QED) is 0.398. The summed E-state index contributed by atoms with van der Waals surface area (Å²) in [6, 6.07) is 19.4. The van der Waals surface area contributed by atoms with Crippen molar-refractivity contribution in [1.29, 1.82) is 0 Å². The molecule has 2 heteroatoms. The number of rotatable bonds is 2. The Bertz CT molecular complexity index is 1190. The Kier molecular flexibility index (Phi) is 4.55. The van der Waals surface area contributed by atoms with Crippen LogP contribution < -0.4 is 4.90 Å². The van der Waals surface area contributed by atoms with Gasteiger partial charge in [-0.2, -0.15) is 0 Å². The molecular formula is C28H30N2. The molecule has 0 bridgehead atoms. The molecule has 0 radical (unpaired) electrons. The highest BCUT2D eigenvalue weighted by molar-refractivity contribution is 5.92. The van der Waals surface area contributed by atoms with E-state index in [0.717, 1.165) is 11.3 Å². The van der Waals surface area contributed by atoms with Crippen LogP contribution in [0.4, 0.5) is 17.1 Å². The Balaban J connectivity index is 2.04. The summed E-state index contributed by atoms with van der Waals surface area (Å²) in [6.07, 6.45) is 0. The molecule has 0 spiro atoms. The normalized spacial score (nSPS) is 14.1. The molecule has 3 aromatic rings. The highest BCUT2D eigenvalue weighted by Gasteiger charge is 2.38. The van der Waals surface area contributed by atoms with Crippen LogP contribution >= 0.6 is 0 Å². The van der Waals surface area contributed by atoms with E-state index in [4.69, 9.17) is 6.57 Å². The summed E-state index contributed by atoms with van der Waals surface area (Å²) in [6.45, 7) is 23.4.